The third kappa shape index (κ3) is 3.69. The molecule has 0 amide bonds. The molecule has 2 atom stereocenters. The summed E-state index contributed by atoms with van der Waals surface area (Å²) in [5.41, 5.74) is 0. The predicted octanol–water partition coefficient (Wildman–Crippen LogP) is 2.84. The van der Waals surface area contributed by atoms with Crippen LogP contribution >= 0.6 is 0 Å². The fourth-order valence-electron chi connectivity index (χ4n) is 3.74. The summed E-state index contributed by atoms with van der Waals surface area (Å²) < 4.78 is 0. The molecule has 0 unspecified atom stereocenters. The second kappa shape index (κ2) is 6.75. The van der Waals surface area contributed by atoms with Gasteiger partial charge >= 0.3 is 0 Å². The molecule has 2 rings (SSSR count). The van der Waals surface area contributed by atoms with Crippen LogP contribution < -0.4 is 0 Å². The van der Waals surface area contributed by atoms with Crippen LogP contribution in [0.5, 0.6) is 0 Å². The van der Waals surface area contributed by atoms with E-state index in [1.807, 2.05) is 0 Å². The topological polar surface area (TPSA) is 6.48 Å². The van der Waals surface area contributed by atoms with Crippen molar-refractivity contribution >= 4 is 0 Å². The van der Waals surface area contributed by atoms with Crippen molar-refractivity contribution in [2.24, 2.45) is 11.8 Å². The summed E-state index contributed by atoms with van der Waals surface area (Å²) >= 11 is 0. The maximum absolute atomic E-state index is 2.74. The minimum atomic E-state index is 1.05. The van der Waals surface area contributed by atoms with Crippen molar-refractivity contribution in [2.45, 2.75) is 46.0 Å². The molecule has 0 N–H and O–H groups in total. The van der Waals surface area contributed by atoms with E-state index in [2.05, 4.69) is 23.6 Å². The van der Waals surface area contributed by atoms with Crippen molar-refractivity contribution in [1.29, 1.82) is 0 Å². The Morgan fingerprint density at radius 1 is 1.00 bits per heavy atom. The average molecular weight is 238 g/mol. The molecule has 17 heavy (non-hydrogen) atoms. The second-order valence-electron chi connectivity index (χ2n) is 5.94. The number of likely N-dealkylation sites (tertiary alicyclic amines) is 1. The maximum atomic E-state index is 2.74. The van der Waals surface area contributed by atoms with Crippen LogP contribution in [0.4, 0.5) is 0 Å². The summed E-state index contributed by atoms with van der Waals surface area (Å²) in [6.45, 7) is 12.4. The van der Waals surface area contributed by atoms with Gasteiger partial charge < -0.3 is 9.80 Å². The molecule has 1 heterocycles. The molecule has 2 aliphatic rings. The highest BCUT2D eigenvalue weighted by Crippen LogP contribution is 2.35. The van der Waals surface area contributed by atoms with Crippen LogP contribution in [-0.4, -0.2) is 49.1 Å². The van der Waals surface area contributed by atoms with Crippen molar-refractivity contribution in [3.63, 3.8) is 0 Å². The largest absolute Gasteiger partial charge is 0.304 e. The lowest BCUT2D eigenvalue weighted by Gasteiger charge is -2.23. The van der Waals surface area contributed by atoms with Gasteiger partial charge in [0, 0.05) is 13.1 Å². The smallest absolute Gasteiger partial charge is 0.00129 e. The summed E-state index contributed by atoms with van der Waals surface area (Å²) in [5, 5.41) is 0. The zero-order valence-electron chi connectivity index (χ0n) is 11.8. The van der Waals surface area contributed by atoms with E-state index >= 15 is 0 Å². The van der Waals surface area contributed by atoms with Gasteiger partial charge in [-0.05, 0) is 57.3 Å². The van der Waals surface area contributed by atoms with Gasteiger partial charge in [-0.15, -0.1) is 0 Å². The van der Waals surface area contributed by atoms with Gasteiger partial charge in [-0.1, -0.05) is 26.7 Å². The monoisotopic (exact) mass is 238 g/mol. The third-order valence-electron chi connectivity index (χ3n) is 4.90. The quantitative estimate of drug-likeness (QED) is 0.702. The Bertz CT molecular complexity index is 199. The molecule has 0 aromatic rings. The van der Waals surface area contributed by atoms with E-state index in [1.54, 1.807) is 0 Å². The molecule has 0 radical (unpaired) electrons. The van der Waals surface area contributed by atoms with Gasteiger partial charge in [0.05, 0.1) is 0 Å². The van der Waals surface area contributed by atoms with E-state index < -0.39 is 0 Å². The fraction of sp³-hybridized carbons (Fsp3) is 1.00. The highest BCUT2D eigenvalue weighted by atomic mass is 15.2. The van der Waals surface area contributed by atoms with E-state index in [0.717, 1.165) is 11.8 Å². The minimum Gasteiger partial charge on any atom is -0.304 e. The summed E-state index contributed by atoms with van der Waals surface area (Å²) in [5.74, 6) is 2.11. The predicted molar refractivity (Wildman–Crippen MR) is 74.3 cm³/mol. The van der Waals surface area contributed by atoms with E-state index in [9.17, 15) is 0 Å². The molecule has 1 saturated carbocycles. The van der Waals surface area contributed by atoms with Gasteiger partial charge in [0.1, 0.15) is 0 Å². The first-order valence-electron chi connectivity index (χ1n) is 7.78. The van der Waals surface area contributed by atoms with Crippen LogP contribution in [0.25, 0.3) is 0 Å². The first-order chi connectivity index (χ1) is 8.33. The Morgan fingerprint density at radius 2 is 1.59 bits per heavy atom. The number of nitrogens with zero attached hydrogens (tertiary/aromatic N) is 2. The minimum absolute atomic E-state index is 1.05. The fourth-order valence-corrected chi connectivity index (χ4v) is 3.74. The van der Waals surface area contributed by atoms with Crippen LogP contribution in [0, 0.1) is 11.8 Å². The van der Waals surface area contributed by atoms with Gasteiger partial charge in [0.25, 0.3) is 0 Å². The van der Waals surface area contributed by atoms with Crippen molar-refractivity contribution in [3.8, 4) is 0 Å². The van der Waals surface area contributed by atoms with Crippen LogP contribution in [0.1, 0.15) is 46.0 Å². The number of rotatable bonds is 6. The van der Waals surface area contributed by atoms with Gasteiger partial charge in [-0.3, -0.25) is 0 Å². The van der Waals surface area contributed by atoms with Crippen LogP contribution in [-0.2, 0) is 0 Å². The van der Waals surface area contributed by atoms with E-state index in [1.165, 1.54) is 71.4 Å². The molecule has 1 aliphatic carbocycles. The Morgan fingerprint density at radius 3 is 2.12 bits per heavy atom. The maximum Gasteiger partial charge on any atom is 0.00129 e. The number of hydrogen-bond donors (Lipinski definition) is 0. The Hall–Kier alpha value is -0.0800. The molecule has 0 aromatic heterocycles. The van der Waals surface area contributed by atoms with Crippen molar-refractivity contribution in [3.05, 3.63) is 0 Å². The van der Waals surface area contributed by atoms with Gasteiger partial charge in [-0.25, -0.2) is 0 Å². The van der Waals surface area contributed by atoms with Crippen LogP contribution in [0.3, 0.4) is 0 Å². The average Bonchev–Trinajstić information content (AvgIpc) is 2.77. The Balaban J connectivity index is 1.64. The molecule has 0 bridgehead atoms. The summed E-state index contributed by atoms with van der Waals surface area (Å²) in [4.78, 5) is 5.28. The molecule has 0 aromatic carbocycles. The van der Waals surface area contributed by atoms with Gasteiger partial charge in [0.15, 0.2) is 0 Å². The molecule has 2 heteroatoms. The lowest BCUT2D eigenvalue weighted by atomic mass is 9.82. The van der Waals surface area contributed by atoms with E-state index in [0.29, 0.717) is 0 Å². The Kier molecular flexibility index (Phi) is 5.30. The van der Waals surface area contributed by atoms with E-state index in [-0.39, 0.29) is 0 Å². The molecular formula is C15H30N2. The highest BCUT2D eigenvalue weighted by molar-refractivity contribution is 4.86. The number of hydrogen-bond acceptors (Lipinski definition) is 2. The molecule has 2 fully saturated rings. The molecule has 1 saturated heterocycles. The van der Waals surface area contributed by atoms with Crippen LogP contribution in [0.2, 0.25) is 0 Å². The van der Waals surface area contributed by atoms with E-state index in [4.69, 9.17) is 0 Å². The normalized spacial score (nSPS) is 29.8. The molecule has 1 aliphatic heterocycles. The zero-order chi connectivity index (χ0) is 12.1. The lowest BCUT2D eigenvalue weighted by Crippen LogP contribution is -2.29. The summed E-state index contributed by atoms with van der Waals surface area (Å²) in [6, 6.07) is 0. The summed E-state index contributed by atoms with van der Waals surface area (Å²) in [6.07, 6.45) is 7.37. The third-order valence-corrected chi connectivity index (χ3v) is 4.90. The van der Waals surface area contributed by atoms with Crippen molar-refractivity contribution in [1.82, 2.24) is 9.80 Å². The molecular weight excluding hydrogens is 208 g/mol. The van der Waals surface area contributed by atoms with Crippen molar-refractivity contribution < 1.29 is 0 Å². The first kappa shape index (κ1) is 13.4. The zero-order valence-corrected chi connectivity index (χ0v) is 11.8. The molecule has 0 spiro atoms. The lowest BCUT2D eigenvalue weighted by molar-refractivity contribution is 0.257. The highest BCUT2D eigenvalue weighted by Gasteiger charge is 2.33. The van der Waals surface area contributed by atoms with Crippen molar-refractivity contribution in [2.75, 3.05) is 39.3 Å². The second-order valence-corrected chi connectivity index (χ2v) is 5.94. The standard InChI is InChI=1S/C15H30N2/c1-3-16(4-2)10-7-11-17-12-14-8-5-6-9-15(14)13-17/h14-15H,3-13H2,1-2H3/t14-,15-/m0/s1. The van der Waals surface area contributed by atoms with Gasteiger partial charge in [0.2, 0.25) is 0 Å². The van der Waals surface area contributed by atoms with Crippen LogP contribution in [0.15, 0.2) is 0 Å². The van der Waals surface area contributed by atoms with Gasteiger partial charge in [-0.2, -0.15) is 0 Å². The SMILES string of the molecule is CCN(CC)CCCN1C[C@@H]2CCCC[C@H]2C1. The number of fused-ring (bicyclic) bond motifs is 1. The Labute approximate surface area is 107 Å². The molecule has 100 valence electrons. The first-order valence-corrected chi connectivity index (χ1v) is 7.78. The summed E-state index contributed by atoms with van der Waals surface area (Å²) in [7, 11) is 0. The molecule has 2 nitrogen and oxygen atoms in total.